The first kappa shape index (κ1) is 17.1. The second kappa shape index (κ2) is 7.71. The van der Waals surface area contributed by atoms with Crippen LogP contribution in [0.15, 0.2) is 29.2 Å². The summed E-state index contributed by atoms with van der Waals surface area (Å²) in [5.41, 5.74) is 6.06. The van der Waals surface area contributed by atoms with Gasteiger partial charge in [-0.25, -0.2) is 8.42 Å². The highest BCUT2D eigenvalue weighted by molar-refractivity contribution is 7.91. The van der Waals surface area contributed by atoms with Crippen molar-refractivity contribution in [2.24, 2.45) is 11.7 Å². The summed E-state index contributed by atoms with van der Waals surface area (Å²) in [6.45, 7) is 4.98. The van der Waals surface area contributed by atoms with Crippen LogP contribution >= 0.6 is 12.2 Å². The van der Waals surface area contributed by atoms with Crippen LogP contribution in [0.25, 0.3) is 0 Å². The van der Waals surface area contributed by atoms with Crippen LogP contribution < -0.4 is 5.73 Å². The molecule has 20 heavy (non-hydrogen) atoms. The van der Waals surface area contributed by atoms with Gasteiger partial charge in [0.15, 0.2) is 9.84 Å². The molecule has 0 aliphatic rings. The summed E-state index contributed by atoms with van der Waals surface area (Å²) < 4.78 is 29.6. The Morgan fingerprint density at radius 3 is 2.65 bits per heavy atom. The highest BCUT2D eigenvalue weighted by Crippen LogP contribution is 2.13. The minimum Gasteiger partial charge on any atom is -0.389 e. The monoisotopic (exact) mass is 315 g/mol. The summed E-state index contributed by atoms with van der Waals surface area (Å²) in [4.78, 5) is 0.422. The molecule has 112 valence electrons. The molecule has 0 bridgehead atoms. The minimum absolute atomic E-state index is 0.0358. The molecule has 1 rings (SSSR count). The van der Waals surface area contributed by atoms with E-state index in [0.717, 1.165) is 6.42 Å². The molecule has 0 amide bonds. The zero-order chi connectivity index (χ0) is 15.2. The Morgan fingerprint density at radius 1 is 1.35 bits per heavy atom. The lowest BCUT2D eigenvalue weighted by Gasteiger charge is -2.08. The first-order chi connectivity index (χ1) is 9.33. The largest absolute Gasteiger partial charge is 0.389 e. The number of ether oxygens (including phenoxy) is 1. The molecule has 0 atom stereocenters. The number of nitrogens with two attached hydrogens (primary N) is 1. The van der Waals surface area contributed by atoms with E-state index in [2.05, 4.69) is 13.8 Å². The Morgan fingerprint density at radius 2 is 2.05 bits per heavy atom. The van der Waals surface area contributed by atoms with E-state index >= 15 is 0 Å². The first-order valence-corrected chi connectivity index (χ1v) is 8.59. The fourth-order valence-corrected chi connectivity index (χ4v) is 2.84. The molecule has 0 saturated carbocycles. The predicted molar refractivity (Wildman–Crippen MR) is 84.7 cm³/mol. The normalized spacial score (nSPS) is 11.8. The van der Waals surface area contributed by atoms with Crippen molar-refractivity contribution in [2.45, 2.75) is 25.2 Å². The highest BCUT2D eigenvalue weighted by atomic mass is 32.2. The van der Waals surface area contributed by atoms with Gasteiger partial charge in [-0.15, -0.1) is 0 Å². The first-order valence-electron chi connectivity index (χ1n) is 6.53. The fraction of sp³-hybridized carbons (Fsp3) is 0.500. The third kappa shape index (κ3) is 5.56. The van der Waals surface area contributed by atoms with Crippen LogP contribution in [0.2, 0.25) is 0 Å². The van der Waals surface area contributed by atoms with Gasteiger partial charge < -0.3 is 10.5 Å². The van der Waals surface area contributed by atoms with Crippen molar-refractivity contribution in [3.8, 4) is 0 Å². The quantitative estimate of drug-likeness (QED) is 0.588. The molecule has 0 heterocycles. The maximum Gasteiger partial charge on any atom is 0.180 e. The maximum absolute atomic E-state index is 12.1. The average Bonchev–Trinajstić information content (AvgIpc) is 2.38. The van der Waals surface area contributed by atoms with E-state index in [1.807, 2.05) is 0 Å². The number of hydrogen-bond donors (Lipinski definition) is 1. The Bertz CT molecular complexity index is 553. The van der Waals surface area contributed by atoms with E-state index < -0.39 is 9.84 Å². The van der Waals surface area contributed by atoms with E-state index in [-0.39, 0.29) is 22.2 Å². The van der Waals surface area contributed by atoms with E-state index in [1.165, 1.54) is 6.07 Å². The lowest BCUT2D eigenvalue weighted by Crippen LogP contribution is -2.15. The molecule has 0 aromatic heterocycles. The van der Waals surface area contributed by atoms with Gasteiger partial charge >= 0.3 is 0 Å². The van der Waals surface area contributed by atoms with Crippen molar-refractivity contribution in [1.29, 1.82) is 0 Å². The lowest BCUT2D eigenvalue weighted by molar-refractivity contribution is 0.137. The van der Waals surface area contributed by atoms with Crippen molar-refractivity contribution in [3.63, 3.8) is 0 Å². The molecular weight excluding hydrogens is 294 g/mol. The minimum atomic E-state index is -3.36. The molecule has 1 aromatic carbocycles. The van der Waals surface area contributed by atoms with Crippen LogP contribution in [0.3, 0.4) is 0 Å². The third-order valence-corrected chi connectivity index (χ3v) is 4.73. The van der Waals surface area contributed by atoms with Crippen LogP contribution in [0.4, 0.5) is 0 Å². The zero-order valence-corrected chi connectivity index (χ0v) is 13.5. The van der Waals surface area contributed by atoms with Crippen LogP contribution in [-0.2, 0) is 14.6 Å². The molecule has 0 saturated heterocycles. The third-order valence-electron chi connectivity index (χ3n) is 2.81. The number of sulfone groups is 1. The maximum atomic E-state index is 12.1. The summed E-state index contributed by atoms with van der Waals surface area (Å²) in [5, 5.41) is 0. The van der Waals surface area contributed by atoms with Gasteiger partial charge in [-0.1, -0.05) is 38.2 Å². The molecule has 6 heteroatoms. The van der Waals surface area contributed by atoms with Gasteiger partial charge in [0.2, 0.25) is 0 Å². The van der Waals surface area contributed by atoms with Crippen molar-refractivity contribution in [2.75, 3.05) is 19.0 Å². The number of rotatable bonds is 8. The van der Waals surface area contributed by atoms with Gasteiger partial charge in [-0.2, -0.15) is 0 Å². The summed E-state index contributed by atoms with van der Waals surface area (Å²) >= 11 is 4.85. The average molecular weight is 315 g/mol. The second-order valence-corrected chi connectivity index (χ2v) is 7.55. The standard InChI is InChI=1S/C14H21NO3S2/c1-11(2)6-7-18-8-9-20(16,17)13-5-3-4-12(10-13)14(15)19/h3-5,10-11H,6-9H2,1-2H3,(H2,15,19). The van der Waals surface area contributed by atoms with E-state index in [1.54, 1.807) is 18.2 Å². The molecule has 4 nitrogen and oxygen atoms in total. The van der Waals surface area contributed by atoms with Crippen molar-refractivity contribution in [1.82, 2.24) is 0 Å². The smallest absolute Gasteiger partial charge is 0.180 e. The number of hydrogen-bond acceptors (Lipinski definition) is 4. The van der Waals surface area contributed by atoms with Gasteiger partial charge in [-0.05, 0) is 24.5 Å². The Balaban J connectivity index is 2.60. The van der Waals surface area contributed by atoms with Crippen molar-refractivity contribution < 1.29 is 13.2 Å². The molecule has 0 aliphatic carbocycles. The van der Waals surface area contributed by atoms with E-state index in [9.17, 15) is 8.42 Å². The summed E-state index contributed by atoms with van der Waals surface area (Å²) in [5.74, 6) is 0.514. The molecule has 0 unspecified atom stereocenters. The van der Waals surface area contributed by atoms with E-state index in [4.69, 9.17) is 22.7 Å². The highest BCUT2D eigenvalue weighted by Gasteiger charge is 2.15. The van der Waals surface area contributed by atoms with Gasteiger partial charge in [0, 0.05) is 12.2 Å². The molecule has 2 N–H and O–H groups in total. The SMILES string of the molecule is CC(C)CCOCCS(=O)(=O)c1cccc(C(N)=S)c1. The van der Waals surface area contributed by atoms with Gasteiger partial charge in [-0.3, -0.25) is 0 Å². The van der Waals surface area contributed by atoms with Crippen LogP contribution in [0.1, 0.15) is 25.8 Å². The summed E-state index contributed by atoms with van der Waals surface area (Å²) in [6, 6.07) is 6.39. The Kier molecular flexibility index (Phi) is 6.58. The molecule has 0 fully saturated rings. The van der Waals surface area contributed by atoms with Gasteiger partial charge in [0.1, 0.15) is 4.99 Å². The fourth-order valence-electron chi connectivity index (χ4n) is 1.55. The van der Waals surface area contributed by atoms with Gasteiger partial charge in [0.25, 0.3) is 0 Å². The Hall–Kier alpha value is -0.980. The van der Waals surface area contributed by atoms with Gasteiger partial charge in [0.05, 0.1) is 17.3 Å². The second-order valence-electron chi connectivity index (χ2n) is 5.01. The van der Waals surface area contributed by atoms with Crippen LogP contribution in [-0.4, -0.2) is 32.4 Å². The molecule has 0 spiro atoms. The Labute approximate surface area is 126 Å². The summed E-state index contributed by atoms with van der Waals surface area (Å²) in [7, 11) is -3.36. The van der Waals surface area contributed by atoms with Crippen molar-refractivity contribution in [3.05, 3.63) is 29.8 Å². The summed E-state index contributed by atoms with van der Waals surface area (Å²) in [6.07, 6.45) is 0.928. The predicted octanol–water partition coefficient (Wildman–Crippen LogP) is 2.16. The van der Waals surface area contributed by atoms with Crippen molar-refractivity contribution >= 4 is 27.0 Å². The van der Waals surface area contributed by atoms with Crippen LogP contribution in [0.5, 0.6) is 0 Å². The van der Waals surface area contributed by atoms with Crippen LogP contribution in [0, 0.1) is 5.92 Å². The number of benzene rings is 1. The molecule has 0 aliphatic heterocycles. The lowest BCUT2D eigenvalue weighted by atomic mass is 10.1. The topological polar surface area (TPSA) is 69.4 Å². The molecule has 1 aromatic rings. The van der Waals surface area contributed by atoms with E-state index in [0.29, 0.717) is 18.1 Å². The zero-order valence-electron chi connectivity index (χ0n) is 11.8. The molecule has 0 radical (unpaired) electrons. The number of thiocarbonyl (C=S) groups is 1. The molecular formula is C14H21NO3S2.